The lowest BCUT2D eigenvalue weighted by molar-refractivity contribution is 0.0947. The summed E-state index contributed by atoms with van der Waals surface area (Å²) in [6.07, 6.45) is 2.29. The van der Waals surface area contributed by atoms with Gasteiger partial charge in [-0.05, 0) is 12.5 Å². The van der Waals surface area contributed by atoms with Gasteiger partial charge in [-0.3, -0.25) is 9.69 Å². The first-order valence-electron chi connectivity index (χ1n) is 7.73. The molecule has 0 atom stereocenters. The molecule has 1 aliphatic rings. The quantitative estimate of drug-likeness (QED) is 0.840. The molecule has 1 fully saturated rings. The molecule has 3 heterocycles. The van der Waals surface area contributed by atoms with Gasteiger partial charge in [0, 0.05) is 45.5 Å². The number of hydrogen-bond acceptors (Lipinski definition) is 6. The normalized spacial score (nSPS) is 15.3. The van der Waals surface area contributed by atoms with Crippen molar-refractivity contribution in [1.82, 2.24) is 25.7 Å². The van der Waals surface area contributed by atoms with E-state index in [2.05, 4.69) is 25.7 Å². The van der Waals surface area contributed by atoms with E-state index in [0.29, 0.717) is 17.8 Å². The summed E-state index contributed by atoms with van der Waals surface area (Å²) in [5.74, 6) is -0.104. The summed E-state index contributed by atoms with van der Waals surface area (Å²) < 4.78 is 5.13. The standard InChI is InChI=1S/C15H21N5O2.ClH/c1-2-13-12-9-11(10-18-15(12)22-19-13)14(21)17-5-8-20-6-3-16-4-7-20;/h9-10,16H,2-8H2,1H3,(H,17,21);1H. The highest BCUT2D eigenvalue weighted by atomic mass is 35.5. The Kier molecular flexibility index (Phi) is 6.32. The Morgan fingerprint density at radius 3 is 2.96 bits per heavy atom. The van der Waals surface area contributed by atoms with Crippen LogP contribution < -0.4 is 10.6 Å². The molecule has 2 aromatic heterocycles. The van der Waals surface area contributed by atoms with Crippen molar-refractivity contribution in [3.63, 3.8) is 0 Å². The summed E-state index contributed by atoms with van der Waals surface area (Å²) in [6, 6.07) is 1.80. The molecule has 0 aromatic carbocycles. The van der Waals surface area contributed by atoms with Crippen molar-refractivity contribution in [3.8, 4) is 0 Å². The minimum atomic E-state index is -0.104. The van der Waals surface area contributed by atoms with Crippen LogP contribution in [0.15, 0.2) is 16.8 Å². The van der Waals surface area contributed by atoms with Gasteiger partial charge in [0.2, 0.25) is 0 Å². The van der Waals surface area contributed by atoms with Crippen molar-refractivity contribution in [2.75, 3.05) is 39.3 Å². The van der Waals surface area contributed by atoms with E-state index in [-0.39, 0.29) is 18.3 Å². The highest BCUT2D eigenvalue weighted by molar-refractivity contribution is 5.96. The molecule has 8 heteroatoms. The fourth-order valence-electron chi connectivity index (χ4n) is 2.62. The molecule has 1 saturated heterocycles. The van der Waals surface area contributed by atoms with E-state index >= 15 is 0 Å². The molecule has 0 bridgehead atoms. The average Bonchev–Trinajstić information content (AvgIpc) is 2.98. The molecule has 7 nitrogen and oxygen atoms in total. The lowest BCUT2D eigenvalue weighted by Crippen LogP contribution is -2.46. The third-order valence-electron chi connectivity index (χ3n) is 3.92. The van der Waals surface area contributed by atoms with Crippen LogP contribution in [0, 0.1) is 0 Å². The highest BCUT2D eigenvalue weighted by Crippen LogP contribution is 2.18. The second-order valence-electron chi connectivity index (χ2n) is 5.41. The summed E-state index contributed by atoms with van der Waals surface area (Å²) in [4.78, 5) is 18.7. The number of pyridine rings is 1. The number of aromatic nitrogens is 2. The molecule has 1 aliphatic heterocycles. The molecule has 0 radical (unpaired) electrons. The number of piperazine rings is 1. The first kappa shape index (κ1) is 17.7. The maximum Gasteiger partial charge on any atom is 0.257 e. The van der Waals surface area contributed by atoms with Crippen LogP contribution in [0.3, 0.4) is 0 Å². The largest absolute Gasteiger partial charge is 0.351 e. The minimum Gasteiger partial charge on any atom is -0.351 e. The highest BCUT2D eigenvalue weighted by Gasteiger charge is 2.13. The first-order chi connectivity index (χ1) is 10.8. The molecule has 126 valence electrons. The molecule has 3 rings (SSSR count). The van der Waals surface area contributed by atoms with Crippen molar-refractivity contribution >= 4 is 29.4 Å². The number of halogens is 1. The number of rotatable bonds is 5. The summed E-state index contributed by atoms with van der Waals surface area (Å²) in [7, 11) is 0. The number of carbonyl (C=O) groups is 1. The van der Waals surface area contributed by atoms with Crippen LogP contribution in [0.5, 0.6) is 0 Å². The molecular formula is C15H22ClN5O2. The van der Waals surface area contributed by atoms with Gasteiger partial charge in [0.1, 0.15) is 0 Å². The Balaban J connectivity index is 0.00000192. The summed E-state index contributed by atoms with van der Waals surface area (Å²) in [6.45, 7) is 7.60. The number of nitrogens with one attached hydrogen (secondary N) is 2. The van der Waals surface area contributed by atoms with Crippen molar-refractivity contribution in [2.24, 2.45) is 0 Å². The number of nitrogens with zero attached hydrogens (tertiary/aromatic N) is 3. The van der Waals surface area contributed by atoms with Gasteiger partial charge in [0.25, 0.3) is 11.6 Å². The van der Waals surface area contributed by atoms with E-state index < -0.39 is 0 Å². The zero-order valence-electron chi connectivity index (χ0n) is 13.2. The van der Waals surface area contributed by atoms with E-state index in [1.807, 2.05) is 6.92 Å². The van der Waals surface area contributed by atoms with Crippen molar-refractivity contribution in [1.29, 1.82) is 0 Å². The second-order valence-corrected chi connectivity index (χ2v) is 5.41. The lowest BCUT2D eigenvalue weighted by Gasteiger charge is -2.27. The van der Waals surface area contributed by atoms with Gasteiger partial charge in [0.15, 0.2) is 0 Å². The maximum absolute atomic E-state index is 12.2. The third-order valence-corrected chi connectivity index (χ3v) is 3.92. The number of hydrogen-bond donors (Lipinski definition) is 2. The Morgan fingerprint density at radius 2 is 2.22 bits per heavy atom. The Hall–Kier alpha value is -1.70. The second kappa shape index (κ2) is 8.24. The molecule has 0 spiro atoms. The van der Waals surface area contributed by atoms with Crippen LogP contribution in [0.2, 0.25) is 0 Å². The molecule has 2 N–H and O–H groups in total. The third kappa shape index (κ3) is 4.19. The van der Waals surface area contributed by atoms with Gasteiger partial charge in [-0.1, -0.05) is 12.1 Å². The molecule has 0 aliphatic carbocycles. The van der Waals surface area contributed by atoms with E-state index in [9.17, 15) is 4.79 Å². The average molecular weight is 340 g/mol. The van der Waals surface area contributed by atoms with E-state index in [1.165, 1.54) is 6.20 Å². The van der Waals surface area contributed by atoms with Crippen LogP contribution in [0.25, 0.3) is 11.1 Å². The zero-order valence-corrected chi connectivity index (χ0v) is 14.0. The van der Waals surface area contributed by atoms with Gasteiger partial charge in [-0.15, -0.1) is 12.4 Å². The van der Waals surface area contributed by atoms with E-state index in [0.717, 1.165) is 50.2 Å². The predicted molar refractivity (Wildman–Crippen MR) is 90.1 cm³/mol. The van der Waals surface area contributed by atoms with Crippen LogP contribution in [-0.4, -0.2) is 60.2 Å². The van der Waals surface area contributed by atoms with Gasteiger partial charge in [-0.2, -0.15) is 0 Å². The fraction of sp³-hybridized carbons (Fsp3) is 0.533. The molecule has 0 saturated carbocycles. The number of fused-ring (bicyclic) bond motifs is 1. The smallest absolute Gasteiger partial charge is 0.257 e. The summed E-state index contributed by atoms with van der Waals surface area (Å²) >= 11 is 0. The van der Waals surface area contributed by atoms with Gasteiger partial charge in [-0.25, -0.2) is 4.98 Å². The molecule has 1 amide bonds. The summed E-state index contributed by atoms with van der Waals surface area (Å²) in [5.41, 5.74) is 1.86. The van der Waals surface area contributed by atoms with Crippen LogP contribution in [0.4, 0.5) is 0 Å². The molecular weight excluding hydrogens is 318 g/mol. The number of aryl methyl sites for hydroxylation is 1. The van der Waals surface area contributed by atoms with Crippen molar-refractivity contribution in [2.45, 2.75) is 13.3 Å². The summed E-state index contributed by atoms with van der Waals surface area (Å²) in [5, 5.41) is 11.0. The topological polar surface area (TPSA) is 83.3 Å². The first-order valence-corrected chi connectivity index (χ1v) is 7.73. The van der Waals surface area contributed by atoms with Gasteiger partial charge < -0.3 is 15.2 Å². The molecule has 0 unspecified atom stereocenters. The van der Waals surface area contributed by atoms with E-state index in [1.54, 1.807) is 6.07 Å². The van der Waals surface area contributed by atoms with E-state index in [4.69, 9.17) is 4.52 Å². The Bertz CT molecular complexity index is 654. The Morgan fingerprint density at radius 1 is 1.43 bits per heavy atom. The minimum absolute atomic E-state index is 0. The number of amides is 1. The predicted octanol–water partition coefficient (Wildman–Crippen LogP) is 0.842. The van der Waals surface area contributed by atoms with Gasteiger partial charge in [0.05, 0.1) is 16.6 Å². The van der Waals surface area contributed by atoms with Crippen molar-refractivity contribution in [3.05, 3.63) is 23.5 Å². The van der Waals surface area contributed by atoms with Crippen molar-refractivity contribution < 1.29 is 9.32 Å². The molecule has 23 heavy (non-hydrogen) atoms. The Labute approximate surface area is 141 Å². The van der Waals surface area contributed by atoms with Crippen LogP contribution in [-0.2, 0) is 6.42 Å². The van der Waals surface area contributed by atoms with Crippen LogP contribution in [0.1, 0.15) is 23.0 Å². The maximum atomic E-state index is 12.2. The number of carbonyl (C=O) groups excluding carboxylic acids is 1. The molecule has 2 aromatic rings. The fourth-order valence-corrected chi connectivity index (χ4v) is 2.62. The zero-order chi connectivity index (χ0) is 15.4. The lowest BCUT2D eigenvalue weighted by atomic mass is 10.1. The van der Waals surface area contributed by atoms with Gasteiger partial charge >= 0.3 is 0 Å². The SMILES string of the molecule is CCc1noc2ncc(C(=O)NCCN3CCNCC3)cc12.Cl. The monoisotopic (exact) mass is 339 g/mol. The van der Waals surface area contributed by atoms with Crippen LogP contribution >= 0.6 is 12.4 Å².